The Hall–Kier alpha value is -0.720. The van der Waals surface area contributed by atoms with Gasteiger partial charge in [0.25, 0.3) is 5.89 Å². The van der Waals surface area contributed by atoms with Crippen LogP contribution in [0.5, 0.6) is 0 Å². The highest BCUT2D eigenvalue weighted by Crippen LogP contribution is 2.32. The van der Waals surface area contributed by atoms with Gasteiger partial charge in [-0.1, -0.05) is 5.16 Å². The molecule has 2 aromatic heterocycles. The Morgan fingerprint density at radius 3 is 3.07 bits per heavy atom. The summed E-state index contributed by atoms with van der Waals surface area (Å²) in [6.45, 7) is 0.532. The highest BCUT2D eigenvalue weighted by Gasteiger charge is 2.12. The number of hydrogen-bond donors (Lipinski definition) is 1. The van der Waals surface area contributed by atoms with Crippen LogP contribution in [0.4, 0.5) is 0 Å². The number of aromatic nitrogens is 2. The summed E-state index contributed by atoms with van der Waals surface area (Å²) >= 11 is 4.97. The van der Waals surface area contributed by atoms with Gasteiger partial charge in [-0.2, -0.15) is 4.98 Å². The fourth-order valence-electron chi connectivity index (χ4n) is 1.02. The van der Waals surface area contributed by atoms with Gasteiger partial charge >= 0.3 is 0 Å². The van der Waals surface area contributed by atoms with E-state index in [-0.39, 0.29) is 0 Å². The van der Waals surface area contributed by atoms with Crippen LogP contribution >= 0.6 is 27.3 Å². The lowest BCUT2D eigenvalue weighted by Gasteiger charge is -1.87. The molecule has 0 aromatic carbocycles. The fourth-order valence-corrected chi connectivity index (χ4v) is 2.48. The maximum atomic E-state index is 5.39. The molecule has 2 aromatic rings. The second-order valence-corrected chi connectivity index (χ2v) is 4.42. The topological polar surface area (TPSA) is 64.9 Å². The molecule has 6 heteroatoms. The van der Waals surface area contributed by atoms with E-state index in [1.807, 2.05) is 11.4 Å². The van der Waals surface area contributed by atoms with E-state index in [4.69, 9.17) is 10.3 Å². The lowest BCUT2D eigenvalue weighted by atomic mass is 10.4. The van der Waals surface area contributed by atoms with Crippen molar-refractivity contribution >= 4 is 27.3 Å². The first-order valence-electron chi connectivity index (χ1n) is 4.07. The Labute approximate surface area is 93.3 Å². The van der Waals surface area contributed by atoms with Gasteiger partial charge in [0.1, 0.15) is 4.88 Å². The van der Waals surface area contributed by atoms with Crippen LogP contribution in [0.3, 0.4) is 0 Å². The smallest absolute Gasteiger partial charge is 0.269 e. The summed E-state index contributed by atoms with van der Waals surface area (Å²) in [5, 5.41) is 5.79. The molecule has 0 fully saturated rings. The molecule has 0 saturated heterocycles. The van der Waals surface area contributed by atoms with Crippen molar-refractivity contribution in [3.63, 3.8) is 0 Å². The van der Waals surface area contributed by atoms with Crippen molar-refractivity contribution in [1.82, 2.24) is 10.1 Å². The van der Waals surface area contributed by atoms with Crippen LogP contribution in [0.15, 0.2) is 20.4 Å². The normalized spacial score (nSPS) is 10.7. The molecule has 4 nitrogen and oxygen atoms in total. The zero-order chi connectivity index (χ0) is 9.97. The molecule has 0 spiro atoms. The van der Waals surface area contributed by atoms with Crippen molar-refractivity contribution in [2.24, 2.45) is 5.73 Å². The van der Waals surface area contributed by atoms with E-state index < -0.39 is 0 Å². The van der Waals surface area contributed by atoms with Crippen LogP contribution < -0.4 is 5.73 Å². The van der Waals surface area contributed by atoms with Gasteiger partial charge < -0.3 is 10.3 Å². The molecule has 0 saturated carbocycles. The number of nitrogens with two attached hydrogens (primary N) is 1. The quantitative estimate of drug-likeness (QED) is 0.930. The summed E-state index contributed by atoms with van der Waals surface area (Å²) < 4.78 is 6.08. The number of hydrogen-bond acceptors (Lipinski definition) is 5. The second-order valence-electron chi connectivity index (χ2n) is 2.65. The molecule has 2 rings (SSSR count). The Balaban J connectivity index is 2.29. The van der Waals surface area contributed by atoms with E-state index in [0.29, 0.717) is 24.7 Å². The minimum atomic E-state index is 0.532. The molecule has 2 heterocycles. The van der Waals surface area contributed by atoms with E-state index in [2.05, 4.69) is 26.1 Å². The summed E-state index contributed by atoms with van der Waals surface area (Å²) in [5.74, 6) is 1.21. The van der Waals surface area contributed by atoms with Crippen LogP contribution in [-0.4, -0.2) is 16.7 Å². The lowest BCUT2D eigenvalue weighted by molar-refractivity contribution is 0.423. The number of halogens is 1. The monoisotopic (exact) mass is 273 g/mol. The van der Waals surface area contributed by atoms with Crippen LogP contribution in [0.1, 0.15) is 5.82 Å². The van der Waals surface area contributed by atoms with Crippen molar-refractivity contribution in [2.45, 2.75) is 6.42 Å². The molecular weight excluding hydrogens is 266 g/mol. The third kappa shape index (κ3) is 1.87. The highest BCUT2D eigenvalue weighted by atomic mass is 79.9. The van der Waals surface area contributed by atoms with E-state index in [1.54, 1.807) is 11.3 Å². The van der Waals surface area contributed by atoms with Crippen molar-refractivity contribution < 1.29 is 4.52 Å². The van der Waals surface area contributed by atoms with Gasteiger partial charge in [-0.15, -0.1) is 11.3 Å². The summed E-state index contributed by atoms with van der Waals surface area (Å²) in [7, 11) is 0. The van der Waals surface area contributed by atoms with Crippen molar-refractivity contribution in [2.75, 3.05) is 6.54 Å². The SMILES string of the molecule is NCCc1noc(-c2sccc2Br)n1. The average Bonchev–Trinajstić information content (AvgIpc) is 2.74. The first kappa shape index (κ1) is 9.82. The predicted octanol–water partition coefficient (Wildman–Crippen LogP) is 2.06. The second kappa shape index (κ2) is 4.20. The van der Waals surface area contributed by atoms with E-state index in [1.165, 1.54) is 0 Å². The van der Waals surface area contributed by atoms with Gasteiger partial charge in [-0.25, -0.2) is 0 Å². The van der Waals surface area contributed by atoms with Gasteiger partial charge in [0.2, 0.25) is 0 Å². The zero-order valence-corrected chi connectivity index (χ0v) is 9.64. The van der Waals surface area contributed by atoms with Crippen LogP contribution in [0.25, 0.3) is 10.8 Å². The molecule has 0 unspecified atom stereocenters. The Kier molecular flexibility index (Phi) is 2.95. The summed E-state index contributed by atoms with van der Waals surface area (Å²) in [6, 6.07) is 1.95. The number of rotatable bonds is 3. The highest BCUT2D eigenvalue weighted by molar-refractivity contribution is 9.10. The van der Waals surface area contributed by atoms with Crippen molar-refractivity contribution in [3.05, 3.63) is 21.7 Å². The minimum Gasteiger partial charge on any atom is -0.333 e. The third-order valence-electron chi connectivity index (χ3n) is 1.65. The summed E-state index contributed by atoms with van der Waals surface area (Å²) in [6.07, 6.45) is 0.645. The molecule has 0 amide bonds. The van der Waals surface area contributed by atoms with Gasteiger partial charge in [-0.3, -0.25) is 0 Å². The average molecular weight is 274 g/mol. The molecule has 0 radical (unpaired) electrons. The van der Waals surface area contributed by atoms with E-state index >= 15 is 0 Å². The number of thiophene rings is 1. The molecule has 0 aliphatic heterocycles. The van der Waals surface area contributed by atoms with Gasteiger partial charge in [0, 0.05) is 10.9 Å². The van der Waals surface area contributed by atoms with E-state index in [9.17, 15) is 0 Å². The molecule has 14 heavy (non-hydrogen) atoms. The minimum absolute atomic E-state index is 0.532. The van der Waals surface area contributed by atoms with Crippen LogP contribution in [0, 0.1) is 0 Å². The largest absolute Gasteiger partial charge is 0.333 e. The maximum Gasteiger partial charge on any atom is 0.269 e. The van der Waals surface area contributed by atoms with Gasteiger partial charge in [-0.05, 0) is 33.9 Å². The zero-order valence-electron chi connectivity index (χ0n) is 7.24. The Bertz CT molecular complexity index is 426. The first-order chi connectivity index (χ1) is 6.81. The lowest BCUT2D eigenvalue weighted by Crippen LogP contribution is -2.03. The standard InChI is InChI=1S/C8H8BrN3OS/c9-5-2-4-14-7(5)8-11-6(1-3-10)12-13-8/h2,4H,1,3,10H2. The molecule has 0 aliphatic carbocycles. The van der Waals surface area contributed by atoms with Gasteiger partial charge in [0.15, 0.2) is 5.82 Å². The molecular formula is C8H8BrN3OS. The summed E-state index contributed by atoms with van der Waals surface area (Å²) in [4.78, 5) is 5.18. The number of nitrogens with zero attached hydrogens (tertiary/aromatic N) is 2. The van der Waals surface area contributed by atoms with Crippen LogP contribution in [-0.2, 0) is 6.42 Å². The Morgan fingerprint density at radius 1 is 1.57 bits per heavy atom. The molecule has 74 valence electrons. The Morgan fingerprint density at radius 2 is 2.43 bits per heavy atom. The van der Waals surface area contributed by atoms with E-state index in [0.717, 1.165) is 9.35 Å². The molecule has 0 bridgehead atoms. The maximum absolute atomic E-state index is 5.39. The first-order valence-corrected chi connectivity index (χ1v) is 5.74. The van der Waals surface area contributed by atoms with Crippen molar-refractivity contribution in [1.29, 1.82) is 0 Å². The molecule has 0 atom stereocenters. The van der Waals surface area contributed by atoms with Gasteiger partial charge in [0.05, 0.1) is 0 Å². The van der Waals surface area contributed by atoms with Crippen molar-refractivity contribution in [3.8, 4) is 10.8 Å². The molecule has 2 N–H and O–H groups in total. The van der Waals surface area contributed by atoms with Crippen LogP contribution in [0.2, 0.25) is 0 Å². The summed E-state index contributed by atoms with van der Waals surface area (Å²) in [5.41, 5.74) is 5.39. The predicted molar refractivity (Wildman–Crippen MR) is 58.1 cm³/mol. The third-order valence-corrected chi connectivity index (χ3v) is 3.47. The molecule has 0 aliphatic rings. The fraction of sp³-hybridized carbons (Fsp3) is 0.250.